The first kappa shape index (κ1) is 18.1. The maximum absolute atomic E-state index is 12.5. The zero-order valence-electron chi connectivity index (χ0n) is 15.3. The molecular weight excluding hydrogens is 374 g/mol. The fourth-order valence-electron chi connectivity index (χ4n) is 2.65. The summed E-state index contributed by atoms with van der Waals surface area (Å²) in [5, 5.41) is 16.0. The monoisotopic (exact) mass is 393 g/mol. The molecule has 0 atom stereocenters. The van der Waals surface area contributed by atoms with Gasteiger partial charge in [-0.3, -0.25) is 4.79 Å². The number of ether oxygens (including phenoxy) is 1. The highest BCUT2D eigenvalue weighted by Crippen LogP contribution is 2.27. The molecule has 0 unspecified atom stereocenters. The molecule has 0 bridgehead atoms. The lowest BCUT2D eigenvalue weighted by Crippen LogP contribution is -2.11. The van der Waals surface area contributed by atoms with Gasteiger partial charge < -0.3 is 10.1 Å². The molecule has 8 heteroatoms. The standard InChI is InChI=1S/C20H19N5O2S/c1-2-3-11-27-17-9-7-14(8-10-17)18(26)22-16-6-4-5-15(12-16)19-24-25-13-21-23-20(25)28-19/h4-10,12-13H,2-3,11H2,1H3,(H,22,26). The summed E-state index contributed by atoms with van der Waals surface area (Å²) in [7, 11) is 0. The van der Waals surface area contributed by atoms with E-state index in [0.717, 1.165) is 34.1 Å². The topological polar surface area (TPSA) is 81.4 Å². The first-order valence-corrected chi connectivity index (χ1v) is 9.86. The second kappa shape index (κ2) is 8.18. The van der Waals surface area contributed by atoms with Crippen LogP contribution in [0, 0.1) is 0 Å². The second-order valence-corrected chi connectivity index (χ2v) is 7.18. The fourth-order valence-corrected chi connectivity index (χ4v) is 3.46. The molecule has 1 N–H and O–H groups in total. The van der Waals surface area contributed by atoms with E-state index in [4.69, 9.17) is 4.74 Å². The van der Waals surface area contributed by atoms with Crippen LogP contribution in [-0.4, -0.2) is 32.3 Å². The molecule has 2 aromatic carbocycles. The number of anilines is 1. The largest absolute Gasteiger partial charge is 0.494 e. The predicted molar refractivity (Wildman–Crippen MR) is 109 cm³/mol. The van der Waals surface area contributed by atoms with E-state index in [1.165, 1.54) is 11.3 Å². The number of nitrogens with one attached hydrogen (secondary N) is 1. The molecule has 0 radical (unpaired) electrons. The molecule has 0 spiro atoms. The number of nitrogens with zero attached hydrogens (tertiary/aromatic N) is 4. The van der Waals surface area contributed by atoms with Crippen LogP contribution < -0.4 is 10.1 Å². The molecule has 7 nitrogen and oxygen atoms in total. The molecule has 0 aliphatic heterocycles. The quantitative estimate of drug-likeness (QED) is 0.474. The summed E-state index contributed by atoms with van der Waals surface area (Å²) < 4.78 is 7.27. The SMILES string of the molecule is CCCCOc1ccc(C(=O)Nc2cccc(-c3nn4cnnc4s3)c2)cc1. The van der Waals surface area contributed by atoms with E-state index in [0.29, 0.717) is 17.9 Å². The third kappa shape index (κ3) is 4.01. The van der Waals surface area contributed by atoms with Crippen molar-refractivity contribution >= 4 is 27.9 Å². The number of amides is 1. The normalized spacial score (nSPS) is 10.9. The average Bonchev–Trinajstić information content (AvgIpc) is 3.31. The number of aromatic nitrogens is 4. The maximum Gasteiger partial charge on any atom is 0.255 e. The Morgan fingerprint density at radius 3 is 2.86 bits per heavy atom. The zero-order chi connectivity index (χ0) is 19.3. The lowest BCUT2D eigenvalue weighted by molar-refractivity contribution is 0.102. The van der Waals surface area contributed by atoms with Crippen molar-refractivity contribution in [1.82, 2.24) is 19.8 Å². The van der Waals surface area contributed by atoms with Crippen LogP contribution in [0.1, 0.15) is 30.1 Å². The highest BCUT2D eigenvalue weighted by Gasteiger charge is 2.10. The van der Waals surface area contributed by atoms with E-state index in [1.54, 1.807) is 23.0 Å². The average molecular weight is 393 g/mol. The van der Waals surface area contributed by atoms with E-state index < -0.39 is 0 Å². The summed E-state index contributed by atoms with van der Waals surface area (Å²) in [6, 6.07) is 14.8. The molecule has 0 aliphatic carbocycles. The Balaban J connectivity index is 1.45. The molecule has 2 heterocycles. The molecule has 0 fully saturated rings. The molecule has 2 aromatic heterocycles. The molecule has 1 amide bonds. The van der Waals surface area contributed by atoms with Gasteiger partial charge in [-0.15, -0.1) is 10.2 Å². The Morgan fingerprint density at radius 1 is 1.21 bits per heavy atom. The molecule has 0 aliphatic rings. The van der Waals surface area contributed by atoms with Crippen LogP contribution in [0.3, 0.4) is 0 Å². The minimum absolute atomic E-state index is 0.171. The highest BCUT2D eigenvalue weighted by atomic mass is 32.1. The Bertz CT molecular complexity index is 1060. The van der Waals surface area contributed by atoms with Gasteiger partial charge in [0.25, 0.3) is 5.91 Å². The lowest BCUT2D eigenvalue weighted by Gasteiger charge is -2.08. The van der Waals surface area contributed by atoms with Gasteiger partial charge in [0.1, 0.15) is 17.1 Å². The number of fused-ring (bicyclic) bond motifs is 1. The number of benzene rings is 2. The van der Waals surface area contributed by atoms with Crippen molar-refractivity contribution in [3.8, 4) is 16.3 Å². The number of unbranched alkanes of at least 4 members (excludes halogenated alkanes) is 1. The summed E-state index contributed by atoms with van der Waals surface area (Å²) in [6.07, 6.45) is 3.67. The number of carbonyl (C=O) groups excluding carboxylic acids is 1. The summed E-state index contributed by atoms with van der Waals surface area (Å²) in [4.78, 5) is 13.3. The van der Waals surface area contributed by atoms with Crippen LogP contribution in [0.25, 0.3) is 15.5 Å². The van der Waals surface area contributed by atoms with E-state index in [2.05, 4.69) is 27.5 Å². The summed E-state index contributed by atoms with van der Waals surface area (Å²) in [5.41, 5.74) is 2.19. The van der Waals surface area contributed by atoms with Crippen LogP contribution >= 0.6 is 11.3 Å². The molecular formula is C20H19N5O2S. The van der Waals surface area contributed by atoms with Crippen molar-refractivity contribution in [3.05, 3.63) is 60.4 Å². The van der Waals surface area contributed by atoms with E-state index in [1.807, 2.05) is 36.4 Å². The Hall–Kier alpha value is -3.26. The summed E-state index contributed by atoms with van der Waals surface area (Å²) >= 11 is 1.44. The van der Waals surface area contributed by atoms with Crippen molar-refractivity contribution in [3.63, 3.8) is 0 Å². The molecule has 4 rings (SSSR count). The van der Waals surface area contributed by atoms with Gasteiger partial charge in [-0.1, -0.05) is 36.8 Å². The first-order chi connectivity index (χ1) is 13.7. The number of hydrogen-bond donors (Lipinski definition) is 1. The highest BCUT2D eigenvalue weighted by molar-refractivity contribution is 7.19. The summed E-state index contributed by atoms with van der Waals surface area (Å²) in [6.45, 7) is 2.81. The smallest absolute Gasteiger partial charge is 0.255 e. The number of carbonyl (C=O) groups is 1. The van der Waals surface area contributed by atoms with Crippen molar-refractivity contribution in [1.29, 1.82) is 0 Å². The second-order valence-electron chi connectivity index (χ2n) is 6.23. The Labute approximate surface area is 166 Å². The third-order valence-corrected chi connectivity index (χ3v) is 5.10. The van der Waals surface area contributed by atoms with Crippen molar-refractivity contribution < 1.29 is 9.53 Å². The number of hydrogen-bond acceptors (Lipinski definition) is 6. The van der Waals surface area contributed by atoms with Crippen LogP contribution in [0.15, 0.2) is 54.9 Å². The Kier molecular flexibility index (Phi) is 5.29. The first-order valence-electron chi connectivity index (χ1n) is 9.04. The van der Waals surface area contributed by atoms with Gasteiger partial charge in [0.15, 0.2) is 0 Å². The van der Waals surface area contributed by atoms with Crippen LogP contribution in [0.4, 0.5) is 5.69 Å². The van der Waals surface area contributed by atoms with Crippen LogP contribution in [-0.2, 0) is 0 Å². The maximum atomic E-state index is 12.5. The molecule has 142 valence electrons. The fraction of sp³-hybridized carbons (Fsp3) is 0.200. The van der Waals surface area contributed by atoms with Gasteiger partial charge in [0.05, 0.1) is 6.61 Å². The van der Waals surface area contributed by atoms with Crippen LogP contribution in [0.2, 0.25) is 0 Å². The van der Waals surface area contributed by atoms with E-state index in [-0.39, 0.29) is 5.91 Å². The molecule has 0 saturated heterocycles. The minimum Gasteiger partial charge on any atom is -0.494 e. The molecule has 28 heavy (non-hydrogen) atoms. The Morgan fingerprint density at radius 2 is 2.07 bits per heavy atom. The lowest BCUT2D eigenvalue weighted by atomic mass is 10.1. The van der Waals surface area contributed by atoms with Gasteiger partial charge in [0, 0.05) is 16.8 Å². The minimum atomic E-state index is -0.171. The van der Waals surface area contributed by atoms with E-state index >= 15 is 0 Å². The third-order valence-electron chi connectivity index (χ3n) is 4.14. The van der Waals surface area contributed by atoms with E-state index in [9.17, 15) is 4.79 Å². The van der Waals surface area contributed by atoms with Gasteiger partial charge in [0.2, 0.25) is 4.96 Å². The molecule has 4 aromatic rings. The zero-order valence-corrected chi connectivity index (χ0v) is 16.1. The summed E-state index contributed by atoms with van der Waals surface area (Å²) in [5.74, 6) is 0.602. The van der Waals surface area contributed by atoms with Gasteiger partial charge in [-0.2, -0.15) is 9.61 Å². The number of rotatable bonds is 7. The predicted octanol–water partition coefficient (Wildman–Crippen LogP) is 4.28. The van der Waals surface area contributed by atoms with Crippen molar-refractivity contribution in [2.45, 2.75) is 19.8 Å². The van der Waals surface area contributed by atoms with Crippen molar-refractivity contribution in [2.75, 3.05) is 11.9 Å². The van der Waals surface area contributed by atoms with Gasteiger partial charge in [-0.25, -0.2) is 0 Å². The van der Waals surface area contributed by atoms with Gasteiger partial charge >= 0.3 is 0 Å². The van der Waals surface area contributed by atoms with Crippen molar-refractivity contribution in [2.24, 2.45) is 0 Å². The molecule has 0 saturated carbocycles. The van der Waals surface area contributed by atoms with Crippen LogP contribution in [0.5, 0.6) is 5.75 Å². The van der Waals surface area contributed by atoms with Gasteiger partial charge in [-0.05, 0) is 42.8 Å².